The molecule has 8 heteroatoms. The second-order valence-corrected chi connectivity index (χ2v) is 8.88. The summed E-state index contributed by atoms with van der Waals surface area (Å²) in [4.78, 5) is 38.1. The number of carbonyl (C=O) groups excluding carboxylic acids is 3. The molecule has 1 saturated heterocycles. The van der Waals surface area contributed by atoms with Crippen molar-refractivity contribution in [2.45, 2.75) is 77.1 Å². The molecule has 1 rings (SSSR count). The van der Waals surface area contributed by atoms with Crippen LogP contribution < -0.4 is 5.32 Å². The Balaban J connectivity index is 2.88. The first-order valence-electron chi connectivity index (χ1n) is 8.52. The molecular weight excluding hydrogens is 392 g/mol. The van der Waals surface area contributed by atoms with E-state index in [1.807, 2.05) is 13.8 Å². The summed E-state index contributed by atoms with van der Waals surface area (Å²) in [5, 5.41) is 2.65. The predicted molar refractivity (Wildman–Crippen MR) is 97.2 cm³/mol. The number of ether oxygens (including phenoxy) is 2. The molecule has 0 saturated carbocycles. The maximum absolute atomic E-state index is 13.0. The lowest BCUT2D eigenvalue weighted by atomic mass is 10.0. The van der Waals surface area contributed by atoms with Crippen LogP contribution in [0.4, 0.5) is 4.79 Å². The molecule has 1 heterocycles. The van der Waals surface area contributed by atoms with Crippen molar-refractivity contribution in [3.8, 4) is 0 Å². The number of amides is 2. The second-order valence-electron chi connectivity index (χ2n) is 7.59. The van der Waals surface area contributed by atoms with E-state index >= 15 is 0 Å². The summed E-state index contributed by atoms with van der Waals surface area (Å²) in [6.45, 7) is 10.7. The van der Waals surface area contributed by atoms with Crippen molar-refractivity contribution in [3.63, 3.8) is 0 Å². The summed E-state index contributed by atoms with van der Waals surface area (Å²) in [7, 11) is 0. The summed E-state index contributed by atoms with van der Waals surface area (Å²) in [6.07, 6.45) is -0.00709. The van der Waals surface area contributed by atoms with Crippen LogP contribution >= 0.6 is 15.9 Å². The van der Waals surface area contributed by atoms with Gasteiger partial charge in [-0.1, -0.05) is 29.8 Å². The van der Waals surface area contributed by atoms with Gasteiger partial charge >= 0.3 is 12.1 Å². The molecule has 0 bridgehead atoms. The Kier molecular flexibility index (Phi) is 7.71. The van der Waals surface area contributed by atoms with E-state index in [0.29, 0.717) is 13.0 Å². The van der Waals surface area contributed by atoms with Gasteiger partial charge < -0.3 is 19.7 Å². The fourth-order valence-corrected chi connectivity index (χ4v) is 3.09. The number of hydrogen-bond donors (Lipinski definition) is 1. The minimum absolute atomic E-state index is 0.139. The summed E-state index contributed by atoms with van der Waals surface area (Å²) in [6, 6.07) is -0.750. The van der Waals surface area contributed by atoms with Gasteiger partial charge in [-0.25, -0.2) is 4.79 Å². The number of nitrogens with zero attached hydrogens (tertiary/aromatic N) is 1. The van der Waals surface area contributed by atoms with Crippen molar-refractivity contribution in [2.24, 2.45) is 5.92 Å². The molecule has 3 atom stereocenters. The minimum Gasteiger partial charge on any atom is -0.444 e. The van der Waals surface area contributed by atoms with Gasteiger partial charge in [-0.05, 0) is 33.1 Å². The van der Waals surface area contributed by atoms with Crippen LogP contribution in [0.3, 0.4) is 0 Å². The number of likely N-dealkylation sites (tertiary alicyclic amines) is 1. The minimum atomic E-state index is -0.750. The number of piperidine rings is 1. The van der Waals surface area contributed by atoms with Gasteiger partial charge in [-0.2, -0.15) is 0 Å². The zero-order chi connectivity index (χ0) is 19.4. The molecule has 1 aliphatic rings. The van der Waals surface area contributed by atoms with E-state index in [0.717, 1.165) is 6.42 Å². The lowest BCUT2D eigenvalue weighted by Crippen LogP contribution is -2.57. The Morgan fingerprint density at radius 3 is 2.32 bits per heavy atom. The zero-order valence-electron chi connectivity index (χ0n) is 15.8. The topological polar surface area (TPSA) is 84.9 Å². The van der Waals surface area contributed by atoms with Crippen molar-refractivity contribution < 1.29 is 23.9 Å². The van der Waals surface area contributed by atoms with Crippen LogP contribution in [0, 0.1) is 5.92 Å². The first kappa shape index (κ1) is 21.7. The Hall–Kier alpha value is -1.31. The highest BCUT2D eigenvalue weighted by atomic mass is 79.9. The largest absolute Gasteiger partial charge is 0.444 e. The number of rotatable bonds is 4. The molecule has 7 nitrogen and oxygen atoms in total. The number of alkyl halides is 1. The summed E-state index contributed by atoms with van der Waals surface area (Å²) < 4.78 is 10.6. The fraction of sp³-hybridized carbons (Fsp3) is 0.824. The highest BCUT2D eigenvalue weighted by molar-refractivity contribution is 9.09. The maximum Gasteiger partial charge on any atom is 0.408 e. The number of hydrogen-bond acceptors (Lipinski definition) is 5. The molecule has 0 spiro atoms. The third kappa shape index (κ3) is 7.22. The summed E-state index contributed by atoms with van der Waals surface area (Å²) in [5.41, 5.74) is -0.650. The van der Waals surface area contributed by atoms with E-state index in [1.165, 1.54) is 11.8 Å². The molecule has 1 unspecified atom stereocenters. The van der Waals surface area contributed by atoms with Gasteiger partial charge in [0.15, 0.2) is 6.23 Å². The SMILES string of the molecule is CC(=O)OC1C[C@H](Br)CCN1C(=O)[C@H](NC(=O)OC(C)(C)C)C(C)C. The van der Waals surface area contributed by atoms with Gasteiger partial charge in [0.25, 0.3) is 0 Å². The van der Waals surface area contributed by atoms with Crippen LogP contribution in [-0.4, -0.2) is 52.1 Å². The van der Waals surface area contributed by atoms with Gasteiger partial charge in [-0.3, -0.25) is 9.59 Å². The zero-order valence-corrected chi connectivity index (χ0v) is 17.4. The number of nitrogens with one attached hydrogen (secondary N) is 1. The molecule has 0 aromatic heterocycles. The number of carbonyl (C=O) groups is 3. The van der Waals surface area contributed by atoms with Crippen LogP contribution in [0.25, 0.3) is 0 Å². The number of esters is 1. The monoisotopic (exact) mass is 420 g/mol. The van der Waals surface area contributed by atoms with Crippen molar-refractivity contribution in [3.05, 3.63) is 0 Å². The lowest BCUT2D eigenvalue weighted by Gasteiger charge is -2.39. The van der Waals surface area contributed by atoms with E-state index in [9.17, 15) is 14.4 Å². The normalized spacial score (nSPS) is 22.3. The number of alkyl carbamates (subject to hydrolysis) is 1. The molecule has 2 amide bonds. The van der Waals surface area contributed by atoms with Crippen molar-refractivity contribution in [2.75, 3.05) is 6.54 Å². The van der Waals surface area contributed by atoms with E-state index in [-0.39, 0.29) is 16.7 Å². The Morgan fingerprint density at radius 2 is 1.84 bits per heavy atom. The standard InChI is InChI=1S/C17H29BrN2O5/c1-10(2)14(19-16(23)25-17(4,5)6)15(22)20-8-7-12(18)9-13(20)24-11(3)21/h10,12-14H,7-9H2,1-6H3,(H,19,23)/t12-,13?,14-/m1/s1. The average molecular weight is 421 g/mol. The molecule has 25 heavy (non-hydrogen) atoms. The van der Waals surface area contributed by atoms with E-state index in [2.05, 4.69) is 21.2 Å². The van der Waals surface area contributed by atoms with Crippen molar-refractivity contribution in [1.82, 2.24) is 10.2 Å². The lowest BCUT2D eigenvalue weighted by molar-refractivity contribution is -0.167. The second kappa shape index (κ2) is 8.87. The van der Waals surface area contributed by atoms with Crippen LogP contribution in [0.1, 0.15) is 54.4 Å². The molecular formula is C17H29BrN2O5. The fourth-order valence-electron chi connectivity index (χ4n) is 2.57. The predicted octanol–water partition coefficient (Wildman–Crippen LogP) is 2.81. The van der Waals surface area contributed by atoms with Crippen LogP contribution in [-0.2, 0) is 19.1 Å². The third-order valence-corrected chi connectivity index (χ3v) is 4.51. The van der Waals surface area contributed by atoms with Gasteiger partial charge in [0, 0.05) is 24.7 Å². The molecule has 0 aromatic rings. The van der Waals surface area contributed by atoms with Crippen molar-refractivity contribution in [1.29, 1.82) is 0 Å². The first-order valence-corrected chi connectivity index (χ1v) is 9.43. The Morgan fingerprint density at radius 1 is 1.24 bits per heavy atom. The number of halogens is 1. The maximum atomic E-state index is 13.0. The first-order chi connectivity index (χ1) is 11.4. The van der Waals surface area contributed by atoms with Gasteiger partial charge in [-0.15, -0.1) is 0 Å². The Labute approximate surface area is 157 Å². The smallest absolute Gasteiger partial charge is 0.408 e. The van der Waals surface area contributed by atoms with E-state index in [1.54, 1.807) is 20.8 Å². The van der Waals surface area contributed by atoms with Gasteiger partial charge in [0.2, 0.25) is 5.91 Å². The third-order valence-electron chi connectivity index (χ3n) is 3.68. The van der Waals surface area contributed by atoms with E-state index < -0.39 is 29.9 Å². The van der Waals surface area contributed by atoms with Crippen molar-refractivity contribution >= 4 is 33.9 Å². The van der Waals surface area contributed by atoms with Crippen LogP contribution in [0.15, 0.2) is 0 Å². The molecule has 0 radical (unpaired) electrons. The quantitative estimate of drug-likeness (QED) is 0.558. The van der Waals surface area contributed by atoms with E-state index in [4.69, 9.17) is 9.47 Å². The molecule has 1 aliphatic heterocycles. The average Bonchev–Trinajstić information content (AvgIpc) is 2.41. The highest BCUT2D eigenvalue weighted by Gasteiger charge is 2.38. The van der Waals surface area contributed by atoms with Crippen LogP contribution in [0.2, 0.25) is 0 Å². The van der Waals surface area contributed by atoms with Gasteiger partial charge in [0.1, 0.15) is 11.6 Å². The Bertz CT molecular complexity index is 504. The summed E-state index contributed by atoms with van der Waals surface area (Å²) in [5.74, 6) is -0.850. The molecule has 1 N–H and O–H groups in total. The summed E-state index contributed by atoms with van der Waals surface area (Å²) >= 11 is 3.52. The van der Waals surface area contributed by atoms with Gasteiger partial charge in [0.05, 0.1) is 0 Å². The molecule has 144 valence electrons. The van der Waals surface area contributed by atoms with Crippen LogP contribution in [0.5, 0.6) is 0 Å². The molecule has 0 aliphatic carbocycles. The molecule has 1 fully saturated rings. The molecule has 0 aromatic carbocycles. The highest BCUT2D eigenvalue weighted by Crippen LogP contribution is 2.25.